The maximum Gasteiger partial charge on any atom is 0.223 e. The van der Waals surface area contributed by atoms with Crippen LogP contribution in [0.25, 0.3) is 0 Å². The molecular weight excluding hydrogens is 180 g/mol. The van der Waals surface area contributed by atoms with Crippen LogP contribution in [0.4, 0.5) is 0 Å². The molecule has 82 valence electrons. The van der Waals surface area contributed by atoms with Crippen LogP contribution < -0.4 is 5.32 Å². The number of carbonyl (C=O) groups is 1. The van der Waals surface area contributed by atoms with Crippen molar-refractivity contribution >= 4 is 5.91 Å². The van der Waals surface area contributed by atoms with E-state index in [2.05, 4.69) is 5.32 Å². The Labute approximate surface area is 85.3 Å². The SMILES string of the molecule is CNCCC(=O)N1CCCC(CO)C1. The van der Waals surface area contributed by atoms with Crippen LogP contribution in [0.5, 0.6) is 0 Å². The molecular formula is C10H20N2O2. The minimum Gasteiger partial charge on any atom is -0.396 e. The molecule has 0 bridgehead atoms. The minimum atomic E-state index is 0.204. The lowest BCUT2D eigenvalue weighted by molar-refractivity contribution is -0.133. The molecule has 4 nitrogen and oxygen atoms in total. The Hall–Kier alpha value is -0.610. The van der Waals surface area contributed by atoms with Gasteiger partial charge in [-0.25, -0.2) is 0 Å². The second-order valence-electron chi connectivity index (χ2n) is 3.88. The van der Waals surface area contributed by atoms with E-state index < -0.39 is 0 Å². The molecule has 0 aromatic carbocycles. The highest BCUT2D eigenvalue weighted by atomic mass is 16.3. The number of rotatable bonds is 4. The van der Waals surface area contributed by atoms with Crippen LogP contribution in [0, 0.1) is 5.92 Å². The second-order valence-corrected chi connectivity index (χ2v) is 3.88. The molecule has 1 heterocycles. The van der Waals surface area contributed by atoms with Crippen molar-refractivity contribution in [1.29, 1.82) is 0 Å². The van der Waals surface area contributed by atoms with Crippen molar-refractivity contribution < 1.29 is 9.90 Å². The predicted molar refractivity (Wildman–Crippen MR) is 54.9 cm³/mol. The Bertz CT molecular complexity index is 185. The summed E-state index contributed by atoms with van der Waals surface area (Å²) in [6.45, 7) is 2.53. The van der Waals surface area contributed by atoms with E-state index in [0.29, 0.717) is 12.3 Å². The quantitative estimate of drug-likeness (QED) is 0.662. The lowest BCUT2D eigenvalue weighted by Crippen LogP contribution is -2.41. The van der Waals surface area contributed by atoms with E-state index in [-0.39, 0.29) is 12.5 Å². The number of likely N-dealkylation sites (tertiary alicyclic amines) is 1. The Balaban J connectivity index is 2.31. The molecule has 2 N–H and O–H groups in total. The number of piperidine rings is 1. The average molecular weight is 200 g/mol. The zero-order valence-electron chi connectivity index (χ0n) is 8.83. The van der Waals surface area contributed by atoms with Crippen LogP contribution in [-0.4, -0.2) is 49.2 Å². The minimum absolute atomic E-state index is 0.204. The molecule has 1 aliphatic heterocycles. The molecule has 0 radical (unpaired) electrons. The fraction of sp³-hybridized carbons (Fsp3) is 0.900. The highest BCUT2D eigenvalue weighted by Crippen LogP contribution is 2.16. The second kappa shape index (κ2) is 5.98. The molecule has 0 spiro atoms. The molecule has 0 saturated carbocycles. The summed E-state index contributed by atoms with van der Waals surface area (Å²) < 4.78 is 0. The van der Waals surface area contributed by atoms with Gasteiger partial charge in [0, 0.05) is 32.7 Å². The smallest absolute Gasteiger partial charge is 0.223 e. The van der Waals surface area contributed by atoms with Crippen LogP contribution >= 0.6 is 0 Å². The van der Waals surface area contributed by atoms with Gasteiger partial charge >= 0.3 is 0 Å². The number of aliphatic hydroxyl groups excluding tert-OH is 1. The van der Waals surface area contributed by atoms with Crippen LogP contribution in [-0.2, 0) is 4.79 Å². The first-order valence-corrected chi connectivity index (χ1v) is 5.31. The van der Waals surface area contributed by atoms with Crippen molar-refractivity contribution in [3.05, 3.63) is 0 Å². The average Bonchev–Trinajstić information content (AvgIpc) is 2.26. The van der Waals surface area contributed by atoms with Gasteiger partial charge in [0.05, 0.1) is 0 Å². The molecule has 1 fully saturated rings. The molecule has 0 aromatic heterocycles. The summed E-state index contributed by atoms with van der Waals surface area (Å²) in [4.78, 5) is 13.5. The van der Waals surface area contributed by atoms with Gasteiger partial charge in [-0.3, -0.25) is 4.79 Å². The van der Waals surface area contributed by atoms with E-state index in [0.717, 1.165) is 32.5 Å². The van der Waals surface area contributed by atoms with Crippen molar-refractivity contribution in [3.8, 4) is 0 Å². The standard InChI is InChI=1S/C10H20N2O2/c1-11-5-4-10(14)12-6-2-3-9(7-12)8-13/h9,11,13H,2-8H2,1H3. The lowest BCUT2D eigenvalue weighted by atomic mass is 9.99. The summed E-state index contributed by atoms with van der Waals surface area (Å²) in [7, 11) is 1.85. The van der Waals surface area contributed by atoms with Crippen LogP contribution in [0.15, 0.2) is 0 Å². The van der Waals surface area contributed by atoms with E-state index >= 15 is 0 Å². The Morgan fingerprint density at radius 3 is 3.07 bits per heavy atom. The molecule has 0 aliphatic carbocycles. The van der Waals surface area contributed by atoms with Gasteiger partial charge in [0.1, 0.15) is 0 Å². The first-order chi connectivity index (χ1) is 6.77. The number of amides is 1. The number of carbonyl (C=O) groups excluding carboxylic acids is 1. The Kier molecular flexibility index (Phi) is 4.90. The molecule has 1 amide bonds. The van der Waals surface area contributed by atoms with Gasteiger partial charge in [0.25, 0.3) is 0 Å². The van der Waals surface area contributed by atoms with E-state index in [1.165, 1.54) is 0 Å². The normalized spacial score (nSPS) is 22.4. The number of nitrogens with zero attached hydrogens (tertiary/aromatic N) is 1. The predicted octanol–water partition coefficient (Wildman–Crippen LogP) is -0.173. The van der Waals surface area contributed by atoms with Crippen molar-refractivity contribution in [3.63, 3.8) is 0 Å². The van der Waals surface area contributed by atoms with Crippen molar-refractivity contribution in [2.45, 2.75) is 19.3 Å². The summed E-state index contributed by atoms with van der Waals surface area (Å²) in [5.41, 5.74) is 0. The van der Waals surface area contributed by atoms with Crippen LogP contribution in [0.2, 0.25) is 0 Å². The van der Waals surface area contributed by atoms with Crippen molar-refractivity contribution in [2.24, 2.45) is 5.92 Å². The third-order valence-corrected chi connectivity index (χ3v) is 2.72. The van der Waals surface area contributed by atoms with Crippen LogP contribution in [0.1, 0.15) is 19.3 Å². The van der Waals surface area contributed by atoms with Gasteiger partial charge in [-0.15, -0.1) is 0 Å². The molecule has 1 saturated heterocycles. The highest BCUT2D eigenvalue weighted by Gasteiger charge is 2.22. The highest BCUT2D eigenvalue weighted by molar-refractivity contribution is 5.76. The van der Waals surface area contributed by atoms with Crippen molar-refractivity contribution in [1.82, 2.24) is 10.2 Å². The van der Waals surface area contributed by atoms with Gasteiger partial charge in [-0.05, 0) is 25.8 Å². The molecule has 1 atom stereocenters. The van der Waals surface area contributed by atoms with E-state index in [4.69, 9.17) is 5.11 Å². The Morgan fingerprint density at radius 1 is 1.64 bits per heavy atom. The zero-order valence-corrected chi connectivity index (χ0v) is 8.83. The third kappa shape index (κ3) is 3.27. The molecule has 14 heavy (non-hydrogen) atoms. The maximum absolute atomic E-state index is 11.6. The zero-order chi connectivity index (χ0) is 10.4. The molecule has 1 rings (SSSR count). The van der Waals surface area contributed by atoms with Crippen molar-refractivity contribution in [2.75, 3.05) is 33.3 Å². The first-order valence-electron chi connectivity index (χ1n) is 5.31. The fourth-order valence-electron chi connectivity index (χ4n) is 1.83. The summed E-state index contributed by atoms with van der Waals surface area (Å²) in [6, 6.07) is 0. The number of hydrogen-bond acceptors (Lipinski definition) is 3. The fourth-order valence-corrected chi connectivity index (χ4v) is 1.83. The molecule has 1 unspecified atom stereocenters. The van der Waals surface area contributed by atoms with Gasteiger partial charge in [0.15, 0.2) is 0 Å². The first kappa shape index (κ1) is 11.5. The molecule has 4 heteroatoms. The van der Waals surface area contributed by atoms with Gasteiger partial charge in [-0.1, -0.05) is 0 Å². The Morgan fingerprint density at radius 2 is 2.43 bits per heavy atom. The molecule has 0 aromatic rings. The summed E-state index contributed by atoms with van der Waals surface area (Å²) >= 11 is 0. The lowest BCUT2D eigenvalue weighted by Gasteiger charge is -2.31. The summed E-state index contributed by atoms with van der Waals surface area (Å²) in [5.74, 6) is 0.500. The summed E-state index contributed by atoms with van der Waals surface area (Å²) in [6.07, 6.45) is 2.64. The van der Waals surface area contributed by atoms with Gasteiger partial charge in [-0.2, -0.15) is 0 Å². The van der Waals surface area contributed by atoms with E-state index in [1.54, 1.807) is 0 Å². The van der Waals surface area contributed by atoms with E-state index in [9.17, 15) is 4.79 Å². The molecule has 1 aliphatic rings. The number of nitrogens with one attached hydrogen (secondary N) is 1. The summed E-state index contributed by atoms with van der Waals surface area (Å²) in [5, 5.41) is 12.0. The van der Waals surface area contributed by atoms with Gasteiger partial charge < -0.3 is 15.3 Å². The monoisotopic (exact) mass is 200 g/mol. The topological polar surface area (TPSA) is 52.6 Å². The number of hydrogen-bond donors (Lipinski definition) is 2. The largest absolute Gasteiger partial charge is 0.396 e. The van der Waals surface area contributed by atoms with E-state index in [1.807, 2.05) is 11.9 Å². The number of aliphatic hydroxyl groups is 1. The maximum atomic E-state index is 11.6. The van der Waals surface area contributed by atoms with Crippen LogP contribution in [0.3, 0.4) is 0 Å². The third-order valence-electron chi connectivity index (χ3n) is 2.72. The van der Waals surface area contributed by atoms with Gasteiger partial charge in [0.2, 0.25) is 5.91 Å².